The second-order valence-electron chi connectivity index (χ2n) is 5.46. The van der Waals surface area contributed by atoms with Gasteiger partial charge in [-0.2, -0.15) is 0 Å². The predicted octanol–water partition coefficient (Wildman–Crippen LogP) is 5.23. The zero-order valence-corrected chi connectivity index (χ0v) is 15.3. The third-order valence-electron chi connectivity index (χ3n) is 3.28. The van der Waals surface area contributed by atoms with Crippen LogP contribution in [0.25, 0.3) is 0 Å². The fraction of sp³-hybridized carbons (Fsp3) is 0.0556. The minimum atomic E-state index is -0.113. The number of hydrogen-bond donors (Lipinski definition) is 3. The van der Waals surface area contributed by atoms with Crippen molar-refractivity contribution in [1.82, 2.24) is 9.97 Å². The van der Waals surface area contributed by atoms with Crippen molar-refractivity contribution in [2.24, 2.45) is 0 Å². The van der Waals surface area contributed by atoms with Gasteiger partial charge in [-0.3, -0.25) is 4.79 Å². The Morgan fingerprint density at radius 3 is 1.92 bits per heavy atom. The van der Waals surface area contributed by atoms with Gasteiger partial charge in [0.2, 0.25) is 5.91 Å². The van der Waals surface area contributed by atoms with Crippen molar-refractivity contribution in [2.75, 3.05) is 16.0 Å². The smallest absolute Gasteiger partial charge is 0.221 e. The van der Waals surface area contributed by atoms with Gasteiger partial charge in [-0.05, 0) is 42.5 Å². The van der Waals surface area contributed by atoms with Crippen LogP contribution >= 0.6 is 23.2 Å². The molecule has 1 aromatic heterocycles. The first-order valence-corrected chi connectivity index (χ1v) is 8.43. The van der Waals surface area contributed by atoms with E-state index in [9.17, 15) is 4.79 Å². The van der Waals surface area contributed by atoms with E-state index in [1.54, 1.807) is 36.4 Å². The second-order valence-corrected chi connectivity index (χ2v) is 6.33. The summed E-state index contributed by atoms with van der Waals surface area (Å²) in [4.78, 5) is 19.4. The summed E-state index contributed by atoms with van der Waals surface area (Å²) >= 11 is 12.0. The number of nitrogens with zero attached hydrogens (tertiary/aromatic N) is 2. The third kappa shape index (κ3) is 5.08. The van der Waals surface area contributed by atoms with Crippen molar-refractivity contribution in [3.8, 4) is 0 Å². The number of nitrogens with one attached hydrogen (secondary N) is 3. The number of carbonyl (C=O) groups excluding carboxylic acids is 1. The number of anilines is 5. The lowest BCUT2D eigenvalue weighted by Gasteiger charge is -2.10. The van der Waals surface area contributed by atoms with E-state index in [0.717, 1.165) is 17.1 Å². The lowest BCUT2D eigenvalue weighted by molar-refractivity contribution is -0.114. The molecule has 3 N–H and O–H groups in total. The Morgan fingerprint density at radius 2 is 1.35 bits per heavy atom. The standard InChI is InChI=1S/C18H15Cl2N5O/c1-11(26)23-14-2-4-15(5-3-14)24-17-9-18(22-10-21-17)25-16-7-12(19)6-13(20)8-16/h2-10H,1H3,(H,23,26)(H2,21,22,24,25). The van der Waals surface area contributed by atoms with Crippen LogP contribution in [0.1, 0.15) is 6.92 Å². The van der Waals surface area contributed by atoms with Gasteiger partial charge in [-0.15, -0.1) is 0 Å². The Kier molecular flexibility index (Phi) is 5.55. The van der Waals surface area contributed by atoms with E-state index in [1.165, 1.54) is 13.3 Å². The first kappa shape index (κ1) is 18.0. The molecule has 0 aliphatic heterocycles. The molecule has 0 radical (unpaired) electrons. The predicted molar refractivity (Wildman–Crippen MR) is 106 cm³/mol. The van der Waals surface area contributed by atoms with Gasteiger partial charge in [0, 0.05) is 40.1 Å². The molecule has 1 heterocycles. The zero-order valence-electron chi connectivity index (χ0n) is 13.8. The van der Waals surface area contributed by atoms with Crippen LogP contribution < -0.4 is 16.0 Å². The van der Waals surface area contributed by atoms with E-state index in [0.29, 0.717) is 21.7 Å². The Balaban J connectivity index is 1.71. The maximum absolute atomic E-state index is 11.1. The Labute approximate surface area is 160 Å². The fourth-order valence-electron chi connectivity index (χ4n) is 2.26. The van der Waals surface area contributed by atoms with Crippen LogP contribution in [-0.4, -0.2) is 15.9 Å². The molecule has 1 amide bonds. The number of rotatable bonds is 5. The molecule has 0 saturated heterocycles. The molecule has 2 aromatic carbocycles. The molecule has 132 valence electrons. The largest absolute Gasteiger partial charge is 0.340 e. The van der Waals surface area contributed by atoms with Gasteiger partial charge >= 0.3 is 0 Å². The number of hydrogen-bond acceptors (Lipinski definition) is 5. The maximum Gasteiger partial charge on any atom is 0.221 e. The minimum absolute atomic E-state index is 0.113. The van der Waals surface area contributed by atoms with E-state index in [1.807, 2.05) is 12.1 Å². The molecule has 26 heavy (non-hydrogen) atoms. The van der Waals surface area contributed by atoms with Crippen LogP contribution in [0.3, 0.4) is 0 Å². The molecule has 3 rings (SSSR count). The van der Waals surface area contributed by atoms with Gasteiger partial charge in [0.25, 0.3) is 0 Å². The minimum Gasteiger partial charge on any atom is -0.340 e. The number of halogens is 2. The van der Waals surface area contributed by atoms with Crippen LogP contribution in [0, 0.1) is 0 Å². The van der Waals surface area contributed by atoms with E-state index in [-0.39, 0.29) is 5.91 Å². The molecular weight excluding hydrogens is 373 g/mol. The first-order valence-electron chi connectivity index (χ1n) is 7.68. The van der Waals surface area contributed by atoms with Gasteiger partial charge in [-0.1, -0.05) is 23.2 Å². The van der Waals surface area contributed by atoms with Crippen molar-refractivity contribution in [3.05, 3.63) is 64.9 Å². The average molecular weight is 388 g/mol. The lowest BCUT2D eigenvalue weighted by atomic mass is 10.2. The summed E-state index contributed by atoms with van der Waals surface area (Å²) in [5.74, 6) is 1.09. The average Bonchev–Trinajstić information content (AvgIpc) is 2.55. The molecule has 0 bridgehead atoms. The summed E-state index contributed by atoms with van der Waals surface area (Å²) in [5.41, 5.74) is 2.28. The normalized spacial score (nSPS) is 10.3. The number of amides is 1. The highest BCUT2D eigenvalue weighted by atomic mass is 35.5. The van der Waals surface area contributed by atoms with Crippen molar-refractivity contribution in [3.63, 3.8) is 0 Å². The van der Waals surface area contributed by atoms with Crippen LogP contribution in [0.2, 0.25) is 10.0 Å². The summed E-state index contributed by atoms with van der Waals surface area (Å²) < 4.78 is 0. The fourth-order valence-corrected chi connectivity index (χ4v) is 2.78. The number of carbonyl (C=O) groups is 1. The Bertz CT molecular complexity index is 911. The zero-order chi connectivity index (χ0) is 18.5. The monoisotopic (exact) mass is 387 g/mol. The van der Waals surface area contributed by atoms with Crippen LogP contribution in [-0.2, 0) is 4.79 Å². The lowest BCUT2D eigenvalue weighted by Crippen LogP contribution is -2.05. The van der Waals surface area contributed by atoms with Gasteiger partial charge in [0.15, 0.2) is 0 Å². The van der Waals surface area contributed by atoms with Gasteiger partial charge in [-0.25, -0.2) is 9.97 Å². The first-order chi connectivity index (χ1) is 12.5. The molecule has 0 aliphatic rings. The van der Waals surface area contributed by atoms with E-state index in [4.69, 9.17) is 23.2 Å². The van der Waals surface area contributed by atoms with Crippen LogP contribution in [0.4, 0.5) is 28.7 Å². The van der Waals surface area contributed by atoms with Crippen molar-refractivity contribution < 1.29 is 4.79 Å². The molecule has 0 aliphatic carbocycles. The summed E-state index contributed by atoms with van der Waals surface area (Å²) in [6.07, 6.45) is 1.45. The number of benzene rings is 2. The van der Waals surface area contributed by atoms with Crippen LogP contribution in [0.5, 0.6) is 0 Å². The summed E-state index contributed by atoms with van der Waals surface area (Å²) in [5, 5.41) is 10.1. The molecule has 3 aromatic rings. The highest BCUT2D eigenvalue weighted by Crippen LogP contribution is 2.25. The van der Waals surface area contributed by atoms with Crippen molar-refractivity contribution in [2.45, 2.75) is 6.92 Å². The van der Waals surface area contributed by atoms with E-state index < -0.39 is 0 Å². The molecule has 0 spiro atoms. The molecule has 0 saturated carbocycles. The van der Waals surface area contributed by atoms with Crippen molar-refractivity contribution in [1.29, 1.82) is 0 Å². The summed E-state index contributed by atoms with van der Waals surface area (Å²) in [7, 11) is 0. The quantitative estimate of drug-likeness (QED) is 0.558. The second kappa shape index (κ2) is 8.03. The van der Waals surface area contributed by atoms with Crippen molar-refractivity contribution >= 4 is 57.8 Å². The third-order valence-corrected chi connectivity index (χ3v) is 3.72. The SMILES string of the molecule is CC(=O)Nc1ccc(Nc2cc(Nc3cc(Cl)cc(Cl)c3)ncn2)cc1. The highest BCUT2D eigenvalue weighted by Gasteiger charge is 2.03. The molecule has 0 unspecified atom stereocenters. The topological polar surface area (TPSA) is 78.9 Å². The van der Waals surface area contributed by atoms with E-state index >= 15 is 0 Å². The number of aromatic nitrogens is 2. The highest BCUT2D eigenvalue weighted by molar-refractivity contribution is 6.35. The molecule has 0 fully saturated rings. The van der Waals surface area contributed by atoms with Gasteiger partial charge < -0.3 is 16.0 Å². The summed E-state index contributed by atoms with van der Waals surface area (Å²) in [6, 6.07) is 14.2. The van der Waals surface area contributed by atoms with Crippen LogP contribution in [0.15, 0.2) is 54.9 Å². The molecule has 8 heteroatoms. The van der Waals surface area contributed by atoms with Gasteiger partial charge in [0.1, 0.15) is 18.0 Å². The Hall–Kier alpha value is -2.83. The molecular formula is C18H15Cl2N5O. The maximum atomic E-state index is 11.1. The molecule has 6 nitrogen and oxygen atoms in total. The van der Waals surface area contributed by atoms with E-state index in [2.05, 4.69) is 25.9 Å². The summed E-state index contributed by atoms with van der Waals surface area (Å²) in [6.45, 7) is 1.47. The van der Waals surface area contributed by atoms with Gasteiger partial charge in [0.05, 0.1) is 0 Å². The molecule has 0 atom stereocenters. The Morgan fingerprint density at radius 1 is 0.808 bits per heavy atom.